The molecule has 0 spiro atoms. The first-order chi connectivity index (χ1) is 11.7. The van der Waals surface area contributed by atoms with E-state index in [1.54, 1.807) is 0 Å². The summed E-state index contributed by atoms with van der Waals surface area (Å²) in [6.07, 6.45) is -2.25. The lowest BCUT2D eigenvalue weighted by Gasteiger charge is -2.51. The fourth-order valence-corrected chi connectivity index (χ4v) is 6.67. The molecule has 4 atom stereocenters. The number of hydrogen-bond donors (Lipinski definition) is 2. The van der Waals surface area contributed by atoms with E-state index < -0.39 is 37.7 Å². The molecule has 150 valence electrons. The molecule has 1 amide bonds. The van der Waals surface area contributed by atoms with Gasteiger partial charge < -0.3 is 14.6 Å². The summed E-state index contributed by atoms with van der Waals surface area (Å²) in [4.78, 5) is 24.8. The third-order valence-corrected chi connectivity index (χ3v) is 12.2. The minimum absolute atomic E-state index is 0.00960. The van der Waals surface area contributed by atoms with Crippen LogP contribution < -0.4 is 0 Å². The molecule has 4 unspecified atom stereocenters. The molecule has 0 aromatic carbocycles. The molecule has 0 aromatic rings. The van der Waals surface area contributed by atoms with Crippen molar-refractivity contribution in [1.29, 1.82) is 0 Å². The number of amides is 1. The van der Waals surface area contributed by atoms with E-state index in [1.165, 1.54) is 23.5 Å². The first-order valence-corrected chi connectivity index (χ1v) is 13.7. The van der Waals surface area contributed by atoms with E-state index in [0.717, 1.165) is 10.7 Å². The number of hydrogen-bond acceptors (Lipinski definition) is 7. The maximum Gasteiger partial charge on any atom is 0.354 e. The highest BCUT2D eigenvalue weighted by Gasteiger charge is 2.56. The van der Waals surface area contributed by atoms with Gasteiger partial charge in [-0.05, 0) is 30.8 Å². The highest BCUT2D eigenvalue weighted by Crippen LogP contribution is 2.44. The predicted octanol–water partition coefficient (Wildman–Crippen LogP) is 3.36. The van der Waals surface area contributed by atoms with Crippen LogP contribution in [0.3, 0.4) is 0 Å². The summed E-state index contributed by atoms with van der Waals surface area (Å²) >= 11 is 8.02. The Labute approximate surface area is 170 Å². The molecule has 1 aliphatic rings. The number of likely N-dealkylation sites (tertiary alicyclic amines) is 1. The third kappa shape index (κ3) is 5.23. The summed E-state index contributed by atoms with van der Waals surface area (Å²) in [5, 5.41) is 18.4. The number of aliphatic carboxylic acids is 1. The Hall–Kier alpha value is -0.133. The Morgan fingerprint density at radius 1 is 1.42 bits per heavy atom. The second-order valence-corrected chi connectivity index (χ2v) is 16.1. The maximum absolute atomic E-state index is 12.6. The van der Waals surface area contributed by atoms with Crippen molar-refractivity contribution in [3.05, 3.63) is 0 Å². The smallest absolute Gasteiger partial charge is 0.354 e. The fourth-order valence-electron chi connectivity index (χ4n) is 2.42. The molecule has 1 heterocycles. The van der Waals surface area contributed by atoms with Gasteiger partial charge in [-0.1, -0.05) is 51.7 Å². The maximum atomic E-state index is 12.6. The summed E-state index contributed by atoms with van der Waals surface area (Å²) in [7, 11) is -2.10. The summed E-state index contributed by atoms with van der Waals surface area (Å²) in [5.74, 6) is -1.60. The number of carboxylic acids is 1. The standard InChI is InChI=1S/C16H29NO5S3Si/c1-8-24-15(23)25-13-10(11(18)17(13)12(19)14(20)21)9(2)22-26(6,7)16(3,4)5/h9-10,12-13,19H,8H2,1-7H3,(H,20,21). The van der Waals surface area contributed by atoms with Crippen molar-refractivity contribution in [3.63, 3.8) is 0 Å². The number of aliphatic hydroxyl groups is 1. The van der Waals surface area contributed by atoms with Crippen LogP contribution >= 0.6 is 35.7 Å². The molecule has 2 N–H and O–H groups in total. The van der Waals surface area contributed by atoms with Crippen LogP contribution in [0, 0.1) is 5.92 Å². The number of β-lactam (4-membered cyclic amide) rings is 1. The SMILES string of the molecule is CCSC(=S)SC1C(C(C)O[Si](C)(C)C(C)(C)C)C(=O)N1C(O)C(=O)O. The van der Waals surface area contributed by atoms with Crippen molar-refractivity contribution in [3.8, 4) is 0 Å². The van der Waals surface area contributed by atoms with Crippen LogP contribution in [0.25, 0.3) is 0 Å². The van der Waals surface area contributed by atoms with E-state index in [2.05, 4.69) is 33.9 Å². The van der Waals surface area contributed by atoms with Crippen LogP contribution in [0.15, 0.2) is 0 Å². The number of nitrogens with zero attached hydrogens (tertiary/aromatic N) is 1. The van der Waals surface area contributed by atoms with E-state index in [1.807, 2.05) is 13.8 Å². The molecule has 26 heavy (non-hydrogen) atoms. The summed E-state index contributed by atoms with van der Waals surface area (Å²) < 4.78 is 6.96. The number of rotatable bonds is 7. The van der Waals surface area contributed by atoms with Crippen molar-refractivity contribution in [1.82, 2.24) is 4.90 Å². The summed E-state index contributed by atoms with van der Waals surface area (Å²) in [5.41, 5.74) is 0. The van der Waals surface area contributed by atoms with Gasteiger partial charge in [0.2, 0.25) is 12.1 Å². The minimum Gasteiger partial charge on any atom is -0.478 e. The number of carboxylic acid groups (broad SMARTS) is 1. The largest absolute Gasteiger partial charge is 0.478 e. The van der Waals surface area contributed by atoms with Gasteiger partial charge in [-0.15, -0.1) is 11.8 Å². The molecule has 10 heteroatoms. The highest BCUT2D eigenvalue weighted by molar-refractivity contribution is 8.47. The molecular formula is C16H29NO5S3Si. The molecular weight excluding hydrogens is 410 g/mol. The van der Waals surface area contributed by atoms with E-state index in [-0.39, 0.29) is 11.1 Å². The van der Waals surface area contributed by atoms with Gasteiger partial charge in [-0.25, -0.2) is 4.79 Å². The van der Waals surface area contributed by atoms with Gasteiger partial charge in [0, 0.05) is 0 Å². The molecule has 0 saturated carbocycles. The quantitative estimate of drug-likeness (QED) is 0.355. The normalized spacial score (nSPS) is 23.4. The second-order valence-electron chi connectivity index (χ2n) is 7.76. The van der Waals surface area contributed by atoms with Crippen LogP contribution in [0.1, 0.15) is 34.6 Å². The average Bonchev–Trinajstić information content (AvgIpc) is 2.44. The number of carbonyl (C=O) groups is 2. The first kappa shape index (κ1) is 23.9. The Balaban J connectivity index is 3.01. The number of aliphatic hydroxyl groups excluding tert-OH is 1. The fraction of sp³-hybridized carbons (Fsp3) is 0.812. The van der Waals surface area contributed by atoms with Gasteiger partial charge in [0.05, 0.1) is 12.0 Å². The van der Waals surface area contributed by atoms with Crippen LogP contribution in [0.5, 0.6) is 0 Å². The van der Waals surface area contributed by atoms with Gasteiger partial charge in [0.1, 0.15) is 8.90 Å². The zero-order valence-electron chi connectivity index (χ0n) is 16.3. The monoisotopic (exact) mass is 439 g/mol. The highest BCUT2D eigenvalue weighted by atomic mass is 32.2. The second kappa shape index (κ2) is 8.91. The van der Waals surface area contributed by atoms with Gasteiger partial charge in [0.25, 0.3) is 0 Å². The number of carbonyl (C=O) groups excluding carboxylic acids is 1. The van der Waals surface area contributed by atoms with Crippen molar-refractivity contribution < 1.29 is 24.2 Å². The Morgan fingerprint density at radius 3 is 2.38 bits per heavy atom. The van der Waals surface area contributed by atoms with Gasteiger partial charge in [-0.2, -0.15) is 0 Å². The number of thioether (sulfide) groups is 2. The van der Waals surface area contributed by atoms with E-state index >= 15 is 0 Å². The van der Waals surface area contributed by atoms with Gasteiger partial charge >= 0.3 is 5.97 Å². The van der Waals surface area contributed by atoms with Crippen LogP contribution in [0.2, 0.25) is 18.1 Å². The molecule has 0 aromatic heterocycles. The van der Waals surface area contributed by atoms with Gasteiger partial charge in [-0.3, -0.25) is 9.69 Å². The predicted molar refractivity (Wildman–Crippen MR) is 114 cm³/mol. The Kier molecular flexibility index (Phi) is 8.19. The van der Waals surface area contributed by atoms with E-state index in [0.29, 0.717) is 3.53 Å². The summed E-state index contributed by atoms with van der Waals surface area (Å²) in [6.45, 7) is 14.4. The zero-order valence-corrected chi connectivity index (χ0v) is 19.8. The van der Waals surface area contributed by atoms with Crippen molar-refractivity contribution in [2.45, 2.75) is 70.5 Å². The molecule has 0 aliphatic carbocycles. The van der Waals surface area contributed by atoms with E-state index in [9.17, 15) is 14.7 Å². The van der Waals surface area contributed by atoms with Crippen LogP contribution in [-0.2, 0) is 14.0 Å². The molecule has 6 nitrogen and oxygen atoms in total. The molecule has 1 saturated heterocycles. The van der Waals surface area contributed by atoms with Crippen molar-refractivity contribution in [2.75, 3.05) is 5.75 Å². The van der Waals surface area contributed by atoms with Gasteiger partial charge in [0.15, 0.2) is 8.32 Å². The number of thiocarbonyl (C=S) groups is 1. The first-order valence-electron chi connectivity index (χ1n) is 8.49. The minimum atomic E-state index is -2.10. The zero-order chi connectivity index (χ0) is 20.4. The lowest BCUT2D eigenvalue weighted by molar-refractivity contribution is -0.185. The Morgan fingerprint density at radius 2 is 1.96 bits per heavy atom. The lowest BCUT2D eigenvalue weighted by atomic mass is 9.92. The topological polar surface area (TPSA) is 87.1 Å². The summed E-state index contributed by atoms with van der Waals surface area (Å²) in [6, 6.07) is 0. The third-order valence-electron chi connectivity index (χ3n) is 4.88. The van der Waals surface area contributed by atoms with Crippen LogP contribution in [0.4, 0.5) is 0 Å². The van der Waals surface area contributed by atoms with Crippen LogP contribution in [-0.4, -0.2) is 62.3 Å². The van der Waals surface area contributed by atoms with Crippen molar-refractivity contribution >= 4 is 59.5 Å². The molecule has 1 aliphatic heterocycles. The van der Waals surface area contributed by atoms with E-state index in [4.69, 9.17) is 21.8 Å². The van der Waals surface area contributed by atoms with Crippen molar-refractivity contribution in [2.24, 2.45) is 5.92 Å². The Bertz CT molecular complexity index is 567. The molecule has 1 rings (SSSR count). The molecule has 0 radical (unpaired) electrons. The average molecular weight is 440 g/mol. The molecule has 0 bridgehead atoms. The lowest BCUT2D eigenvalue weighted by Crippen LogP contribution is -2.68. The molecule has 1 fully saturated rings.